The first-order valence-corrected chi connectivity index (χ1v) is 10.2. The third kappa shape index (κ3) is 3.82. The van der Waals surface area contributed by atoms with E-state index in [0.717, 1.165) is 11.3 Å². The Hall–Kier alpha value is -1.86. The molecule has 2 aliphatic rings. The maximum atomic E-state index is 13.4. The van der Waals surface area contributed by atoms with Gasteiger partial charge in [-0.05, 0) is 40.2 Å². The SMILES string of the molecule is Cc1cn(C)c(CC(=O)N2CCOC(C)C2C)c1C(=O)N1CCOC(C)C1C. The van der Waals surface area contributed by atoms with Crippen molar-refractivity contribution in [2.75, 3.05) is 26.3 Å². The van der Waals surface area contributed by atoms with Gasteiger partial charge < -0.3 is 23.8 Å². The van der Waals surface area contributed by atoms with Crippen LogP contribution in [0.2, 0.25) is 0 Å². The Morgan fingerprint density at radius 2 is 1.54 bits per heavy atom. The summed E-state index contributed by atoms with van der Waals surface area (Å²) in [5, 5.41) is 0. The molecule has 0 aromatic carbocycles. The highest BCUT2D eigenvalue weighted by atomic mass is 16.5. The van der Waals surface area contributed by atoms with E-state index in [-0.39, 0.29) is 42.5 Å². The molecule has 7 nitrogen and oxygen atoms in total. The van der Waals surface area contributed by atoms with E-state index >= 15 is 0 Å². The van der Waals surface area contributed by atoms with Crippen LogP contribution in [0.15, 0.2) is 6.20 Å². The number of hydrogen-bond donors (Lipinski definition) is 0. The Bertz CT molecular complexity index is 744. The number of carbonyl (C=O) groups excluding carboxylic acids is 2. The number of carbonyl (C=O) groups is 2. The minimum absolute atomic E-state index is 0.00230. The summed E-state index contributed by atoms with van der Waals surface area (Å²) in [5.74, 6) is 0.0354. The summed E-state index contributed by atoms with van der Waals surface area (Å²) < 4.78 is 13.2. The highest BCUT2D eigenvalue weighted by Gasteiger charge is 2.34. The van der Waals surface area contributed by atoms with Gasteiger partial charge in [-0.2, -0.15) is 0 Å². The Kier molecular flexibility index (Phi) is 6.15. The number of aromatic nitrogens is 1. The monoisotopic (exact) mass is 391 g/mol. The van der Waals surface area contributed by atoms with Crippen LogP contribution in [0.4, 0.5) is 0 Å². The molecule has 0 radical (unpaired) electrons. The third-order valence-corrected chi connectivity index (χ3v) is 6.38. The molecule has 0 saturated carbocycles. The third-order valence-electron chi connectivity index (χ3n) is 6.38. The molecule has 2 fully saturated rings. The normalized spacial score (nSPS) is 28.5. The lowest BCUT2D eigenvalue weighted by Gasteiger charge is -2.38. The topological polar surface area (TPSA) is 64.0 Å². The number of morpholine rings is 2. The van der Waals surface area contributed by atoms with Crippen molar-refractivity contribution >= 4 is 11.8 Å². The molecule has 3 heterocycles. The fourth-order valence-electron chi connectivity index (χ4n) is 4.24. The molecule has 1 aromatic rings. The van der Waals surface area contributed by atoms with E-state index in [0.29, 0.717) is 31.9 Å². The van der Waals surface area contributed by atoms with E-state index in [9.17, 15) is 9.59 Å². The first-order valence-electron chi connectivity index (χ1n) is 10.2. The van der Waals surface area contributed by atoms with Gasteiger partial charge in [0.2, 0.25) is 5.91 Å². The van der Waals surface area contributed by atoms with Crippen LogP contribution in [-0.2, 0) is 27.7 Å². The van der Waals surface area contributed by atoms with Gasteiger partial charge in [0, 0.05) is 32.0 Å². The van der Waals surface area contributed by atoms with Gasteiger partial charge in [0.25, 0.3) is 5.91 Å². The number of rotatable bonds is 3. The Balaban J connectivity index is 1.85. The summed E-state index contributed by atoms with van der Waals surface area (Å²) in [6, 6.07) is 0.0337. The van der Waals surface area contributed by atoms with Gasteiger partial charge in [0.1, 0.15) is 0 Å². The van der Waals surface area contributed by atoms with Gasteiger partial charge in [-0.1, -0.05) is 0 Å². The lowest BCUT2D eigenvalue weighted by molar-refractivity contribution is -0.143. The minimum Gasteiger partial charge on any atom is -0.375 e. The smallest absolute Gasteiger partial charge is 0.256 e. The van der Waals surface area contributed by atoms with Crippen LogP contribution in [0.5, 0.6) is 0 Å². The van der Waals surface area contributed by atoms with Gasteiger partial charge in [-0.3, -0.25) is 9.59 Å². The molecule has 0 aliphatic carbocycles. The van der Waals surface area contributed by atoms with E-state index < -0.39 is 0 Å². The van der Waals surface area contributed by atoms with Crippen LogP contribution < -0.4 is 0 Å². The minimum atomic E-state index is -0.00746. The van der Waals surface area contributed by atoms with Gasteiger partial charge in [0.15, 0.2) is 0 Å². The summed E-state index contributed by atoms with van der Waals surface area (Å²) in [7, 11) is 1.91. The lowest BCUT2D eigenvalue weighted by atomic mass is 10.0. The number of ether oxygens (including phenoxy) is 2. The quantitative estimate of drug-likeness (QED) is 0.788. The van der Waals surface area contributed by atoms with Crippen molar-refractivity contribution in [3.8, 4) is 0 Å². The first kappa shape index (κ1) is 20.9. The molecule has 1 aromatic heterocycles. The van der Waals surface area contributed by atoms with Gasteiger partial charge in [0.05, 0.1) is 49.5 Å². The number of nitrogens with zero attached hydrogens (tertiary/aromatic N) is 3. The van der Waals surface area contributed by atoms with Crippen molar-refractivity contribution in [1.82, 2.24) is 14.4 Å². The second-order valence-electron chi connectivity index (χ2n) is 8.14. The summed E-state index contributed by atoms with van der Waals surface area (Å²) in [5.41, 5.74) is 2.35. The largest absolute Gasteiger partial charge is 0.375 e. The zero-order valence-corrected chi connectivity index (χ0v) is 17.9. The molecule has 0 bridgehead atoms. The molecule has 0 spiro atoms. The maximum Gasteiger partial charge on any atom is 0.256 e. The summed E-state index contributed by atoms with van der Waals surface area (Å²) in [6.07, 6.45) is 2.18. The molecule has 7 heteroatoms. The molecule has 0 N–H and O–H groups in total. The fourth-order valence-corrected chi connectivity index (χ4v) is 4.24. The second kappa shape index (κ2) is 8.25. The van der Waals surface area contributed by atoms with E-state index in [1.807, 2.05) is 62.2 Å². The molecule has 28 heavy (non-hydrogen) atoms. The number of hydrogen-bond acceptors (Lipinski definition) is 4. The van der Waals surface area contributed by atoms with Gasteiger partial charge >= 0.3 is 0 Å². The van der Waals surface area contributed by atoms with Gasteiger partial charge in [-0.25, -0.2) is 0 Å². The first-order chi connectivity index (χ1) is 13.2. The van der Waals surface area contributed by atoms with Crippen LogP contribution in [0, 0.1) is 6.92 Å². The zero-order chi connectivity index (χ0) is 20.6. The predicted octanol–water partition coefficient (Wildman–Crippen LogP) is 1.76. The van der Waals surface area contributed by atoms with Crippen LogP contribution >= 0.6 is 0 Å². The van der Waals surface area contributed by atoms with Crippen LogP contribution in [-0.4, -0.2) is 76.8 Å². The second-order valence-corrected chi connectivity index (χ2v) is 8.14. The van der Waals surface area contributed by atoms with Crippen molar-refractivity contribution in [1.29, 1.82) is 0 Å². The summed E-state index contributed by atoms with van der Waals surface area (Å²) >= 11 is 0. The molecule has 4 atom stereocenters. The molecular weight excluding hydrogens is 358 g/mol. The Morgan fingerprint density at radius 1 is 1.00 bits per heavy atom. The van der Waals surface area contributed by atoms with Crippen molar-refractivity contribution in [3.63, 3.8) is 0 Å². The van der Waals surface area contributed by atoms with Gasteiger partial charge in [-0.15, -0.1) is 0 Å². The fraction of sp³-hybridized carbons (Fsp3) is 0.714. The molecule has 4 unspecified atom stereocenters. The lowest BCUT2D eigenvalue weighted by Crippen LogP contribution is -2.52. The summed E-state index contributed by atoms with van der Waals surface area (Å²) in [6.45, 7) is 12.2. The highest BCUT2D eigenvalue weighted by molar-refractivity contribution is 5.98. The van der Waals surface area contributed by atoms with Crippen molar-refractivity contribution in [2.45, 2.75) is 65.3 Å². The number of amides is 2. The predicted molar refractivity (Wildman–Crippen MR) is 106 cm³/mol. The summed E-state index contributed by atoms with van der Waals surface area (Å²) in [4.78, 5) is 30.2. The van der Waals surface area contributed by atoms with Crippen LogP contribution in [0.3, 0.4) is 0 Å². The van der Waals surface area contributed by atoms with Crippen molar-refractivity contribution in [3.05, 3.63) is 23.0 Å². The van der Waals surface area contributed by atoms with E-state index in [4.69, 9.17) is 9.47 Å². The van der Waals surface area contributed by atoms with Crippen LogP contribution in [0.25, 0.3) is 0 Å². The molecular formula is C21H33N3O4. The zero-order valence-electron chi connectivity index (χ0n) is 17.9. The van der Waals surface area contributed by atoms with Crippen molar-refractivity contribution in [2.24, 2.45) is 7.05 Å². The van der Waals surface area contributed by atoms with E-state index in [1.54, 1.807) is 0 Å². The molecule has 2 aliphatic heterocycles. The highest BCUT2D eigenvalue weighted by Crippen LogP contribution is 2.24. The molecule has 2 saturated heterocycles. The molecule has 156 valence electrons. The van der Waals surface area contributed by atoms with Crippen LogP contribution in [0.1, 0.15) is 49.3 Å². The van der Waals surface area contributed by atoms with E-state index in [2.05, 4.69) is 0 Å². The maximum absolute atomic E-state index is 13.4. The van der Waals surface area contributed by atoms with Crippen molar-refractivity contribution < 1.29 is 19.1 Å². The number of aryl methyl sites for hydroxylation is 2. The Labute approximate surface area is 167 Å². The van der Waals surface area contributed by atoms with E-state index in [1.165, 1.54) is 0 Å². The molecule has 3 rings (SSSR count). The molecule has 2 amide bonds. The average Bonchev–Trinajstić information content (AvgIpc) is 2.92. The average molecular weight is 392 g/mol. The Morgan fingerprint density at radius 3 is 2.14 bits per heavy atom. The standard InChI is InChI=1S/C21H33N3O4/c1-13-12-22(6)18(11-19(25)23-7-9-27-16(4)14(23)2)20(13)21(26)24-8-10-28-17(5)15(24)3/h12,14-17H,7-11H2,1-6H3.